The molecule has 0 bridgehead atoms. The highest BCUT2D eigenvalue weighted by Gasteiger charge is 2.29. The predicted molar refractivity (Wildman–Crippen MR) is 137 cm³/mol. The highest BCUT2D eigenvalue weighted by Crippen LogP contribution is 2.33. The minimum absolute atomic E-state index is 0.233. The van der Waals surface area contributed by atoms with Crippen molar-refractivity contribution in [3.8, 4) is 11.3 Å². The van der Waals surface area contributed by atoms with E-state index in [-0.39, 0.29) is 5.91 Å². The van der Waals surface area contributed by atoms with Gasteiger partial charge in [-0.3, -0.25) is 4.79 Å². The van der Waals surface area contributed by atoms with Gasteiger partial charge in [-0.05, 0) is 66.7 Å². The number of carbonyl (C=O) groups is 1. The molecule has 0 N–H and O–H groups in total. The zero-order valence-corrected chi connectivity index (χ0v) is 20.3. The molecule has 0 unspecified atom stereocenters. The van der Waals surface area contributed by atoms with Crippen LogP contribution in [0.3, 0.4) is 0 Å². The van der Waals surface area contributed by atoms with Crippen LogP contribution < -0.4 is 4.90 Å². The number of amidine groups is 1. The molecule has 8 heteroatoms. The first-order valence-electron chi connectivity index (χ1n) is 10.6. The van der Waals surface area contributed by atoms with Gasteiger partial charge in [0, 0.05) is 43.5 Å². The van der Waals surface area contributed by atoms with Gasteiger partial charge in [0.05, 0.1) is 15.0 Å². The number of furan rings is 1. The van der Waals surface area contributed by atoms with Crippen molar-refractivity contribution in [3.05, 3.63) is 80.9 Å². The van der Waals surface area contributed by atoms with E-state index in [9.17, 15) is 4.79 Å². The average Bonchev–Trinajstić information content (AvgIpc) is 3.43. The Labute approximate surface area is 206 Å². The molecule has 33 heavy (non-hydrogen) atoms. The van der Waals surface area contributed by atoms with Crippen LogP contribution in [0.5, 0.6) is 0 Å². The molecule has 0 saturated carbocycles. The molecule has 2 aliphatic heterocycles. The number of hydrogen-bond donors (Lipinski definition) is 0. The Balaban J connectivity index is 1.24. The zero-order chi connectivity index (χ0) is 22.9. The lowest BCUT2D eigenvalue weighted by Gasteiger charge is -2.36. The monoisotopic (exact) mass is 497 g/mol. The van der Waals surface area contributed by atoms with Gasteiger partial charge in [0.2, 0.25) is 0 Å². The maximum Gasteiger partial charge on any atom is 0.286 e. The van der Waals surface area contributed by atoms with E-state index in [1.807, 2.05) is 18.2 Å². The number of nitrogens with zero attached hydrogens (tertiary/aromatic N) is 3. The van der Waals surface area contributed by atoms with E-state index in [1.54, 1.807) is 18.2 Å². The lowest BCUT2D eigenvalue weighted by molar-refractivity contribution is -0.113. The SMILES string of the molecule is Cc1cccc(N2CCN(C3=NC(=O)/C(=C\c4ccc(-c5ccc(Cl)c(Cl)c5)o4)S3)CC2)c1. The van der Waals surface area contributed by atoms with Crippen molar-refractivity contribution < 1.29 is 9.21 Å². The molecule has 0 spiro atoms. The van der Waals surface area contributed by atoms with Crippen molar-refractivity contribution in [3.63, 3.8) is 0 Å². The Morgan fingerprint density at radius 1 is 0.970 bits per heavy atom. The summed E-state index contributed by atoms with van der Waals surface area (Å²) in [7, 11) is 0. The minimum atomic E-state index is -0.233. The molecule has 5 nitrogen and oxygen atoms in total. The molecule has 1 saturated heterocycles. The van der Waals surface area contributed by atoms with Gasteiger partial charge in [0.15, 0.2) is 5.17 Å². The molecular weight excluding hydrogens is 477 g/mol. The molecule has 3 heterocycles. The topological polar surface area (TPSA) is 49.0 Å². The van der Waals surface area contributed by atoms with Crippen LogP contribution in [-0.2, 0) is 4.79 Å². The second-order valence-corrected chi connectivity index (χ2v) is 9.78. The number of thioether (sulfide) groups is 1. The normalized spacial score (nSPS) is 17.7. The van der Waals surface area contributed by atoms with Crippen LogP contribution in [0.15, 0.2) is 68.9 Å². The second kappa shape index (κ2) is 9.29. The molecule has 0 atom stereocenters. The summed E-state index contributed by atoms with van der Waals surface area (Å²) < 4.78 is 5.91. The third-order valence-corrected chi connectivity index (χ3v) is 7.41. The van der Waals surface area contributed by atoms with E-state index in [0.717, 1.165) is 36.9 Å². The van der Waals surface area contributed by atoms with E-state index in [0.29, 0.717) is 26.5 Å². The van der Waals surface area contributed by atoms with Gasteiger partial charge >= 0.3 is 0 Å². The molecule has 1 amide bonds. The summed E-state index contributed by atoms with van der Waals surface area (Å²) >= 11 is 13.5. The summed E-state index contributed by atoms with van der Waals surface area (Å²) in [6.45, 7) is 5.53. The molecule has 1 fully saturated rings. The highest BCUT2D eigenvalue weighted by atomic mass is 35.5. The summed E-state index contributed by atoms with van der Waals surface area (Å²) in [6, 6.07) is 17.6. The van der Waals surface area contributed by atoms with E-state index >= 15 is 0 Å². The Kier molecular flexibility index (Phi) is 6.23. The van der Waals surface area contributed by atoms with Gasteiger partial charge in [-0.15, -0.1) is 0 Å². The fourth-order valence-corrected chi connectivity index (χ4v) is 5.12. The first-order chi connectivity index (χ1) is 16.0. The number of amides is 1. The molecular formula is C25H21Cl2N3O2S. The number of aryl methyl sites for hydroxylation is 1. The van der Waals surface area contributed by atoms with Gasteiger partial charge in [0.25, 0.3) is 5.91 Å². The molecule has 0 aliphatic carbocycles. The third-order valence-electron chi connectivity index (χ3n) is 5.63. The van der Waals surface area contributed by atoms with Crippen LogP contribution in [0.4, 0.5) is 5.69 Å². The molecule has 1 aromatic heterocycles. The highest BCUT2D eigenvalue weighted by molar-refractivity contribution is 8.18. The van der Waals surface area contributed by atoms with Crippen LogP contribution in [0.1, 0.15) is 11.3 Å². The number of piperazine rings is 1. The van der Waals surface area contributed by atoms with Crippen molar-refractivity contribution in [2.75, 3.05) is 31.1 Å². The van der Waals surface area contributed by atoms with E-state index in [1.165, 1.54) is 23.0 Å². The summed E-state index contributed by atoms with van der Waals surface area (Å²) in [6.07, 6.45) is 1.74. The fourth-order valence-electron chi connectivity index (χ4n) is 3.88. The first-order valence-corrected chi connectivity index (χ1v) is 12.2. The van der Waals surface area contributed by atoms with Crippen LogP contribution in [0.2, 0.25) is 10.0 Å². The summed E-state index contributed by atoms with van der Waals surface area (Å²) in [5, 5.41) is 1.71. The molecule has 5 rings (SSSR count). The largest absolute Gasteiger partial charge is 0.457 e. The lowest BCUT2D eigenvalue weighted by atomic mass is 10.2. The van der Waals surface area contributed by atoms with Crippen molar-refractivity contribution in [2.24, 2.45) is 4.99 Å². The summed E-state index contributed by atoms with van der Waals surface area (Å²) in [4.78, 5) is 21.9. The number of halogens is 2. The van der Waals surface area contributed by atoms with Crippen molar-refractivity contribution >= 4 is 57.8 Å². The fraction of sp³-hybridized carbons (Fsp3) is 0.200. The summed E-state index contributed by atoms with van der Waals surface area (Å²) in [5.41, 5.74) is 3.32. The maximum absolute atomic E-state index is 12.5. The smallest absolute Gasteiger partial charge is 0.286 e. The minimum Gasteiger partial charge on any atom is -0.457 e. The third kappa shape index (κ3) is 4.83. The van der Waals surface area contributed by atoms with Crippen LogP contribution in [0.25, 0.3) is 17.4 Å². The van der Waals surface area contributed by atoms with Crippen molar-refractivity contribution in [2.45, 2.75) is 6.92 Å². The number of aliphatic imine (C=N–C) groups is 1. The number of carbonyl (C=O) groups excluding carboxylic acids is 1. The van der Waals surface area contributed by atoms with E-state index in [2.05, 4.69) is 46.0 Å². The van der Waals surface area contributed by atoms with Crippen LogP contribution >= 0.6 is 35.0 Å². The number of hydrogen-bond acceptors (Lipinski definition) is 5. The Morgan fingerprint density at radius 2 is 1.76 bits per heavy atom. The molecule has 168 valence electrons. The maximum atomic E-state index is 12.5. The van der Waals surface area contributed by atoms with Gasteiger partial charge in [0.1, 0.15) is 11.5 Å². The summed E-state index contributed by atoms with van der Waals surface area (Å²) in [5.74, 6) is 1.01. The molecule has 3 aromatic rings. The number of anilines is 1. The van der Waals surface area contributed by atoms with Gasteiger partial charge in [-0.2, -0.15) is 4.99 Å². The molecule has 2 aromatic carbocycles. The number of benzene rings is 2. The van der Waals surface area contributed by atoms with Crippen LogP contribution in [-0.4, -0.2) is 42.2 Å². The zero-order valence-electron chi connectivity index (χ0n) is 17.9. The Hall–Kier alpha value is -2.67. The van der Waals surface area contributed by atoms with Gasteiger partial charge in [-0.25, -0.2) is 0 Å². The Morgan fingerprint density at radius 3 is 2.52 bits per heavy atom. The van der Waals surface area contributed by atoms with Crippen LogP contribution in [0, 0.1) is 6.92 Å². The first kappa shape index (κ1) is 22.1. The van der Waals surface area contributed by atoms with Gasteiger partial charge < -0.3 is 14.2 Å². The van der Waals surface area contributed by atoms with Crippen molar-refractivity contribution in [1.82, 2.24) is 4.90 Å². The molecule has 0 radical (unpaired) electrons. The molecule has 2 aliphatic rings. The quantitative estimate of drug-likeness (QED) is 0.394. The number of rotatable bonds is 3. The second-order valence-electron chi connectivity index (χ2n) is 7.95. The standard InChI is InChI=1S/C25H21Cl2N3O2S/c1-16-3-2-4-18(13-16)29-9-11-30(12-10-29)25-28-24(31)23(33-25)15-19-6-8-22(32-19)17-5-7-20(26)21(27)14-17/h2-8,13-15H,9-12H2,1H3/b23-15+. The van der Waals surface area contributed by atoms with Crippen molar-refractivity contribution in [1.29, 1.82) is 0 Å². The van der Waals surface area contributed by atoms with E-state index in [4.69, 9.17) is 27.6 Å². The van der Waals surface area contributed by atoms with Gasteiger partial charge in [-0.1, -0.05) is 35.3 Å². The van der Waals surface area contributed by atoms with E-state index < -0.39 is 0 Å². The Bertz CT molecular complexity index is 1280. The lowest BCUT2D eigenvalue weighted by Crippen LogP contribution is -2.47. The predicted octanol–water partition coefficient (Wildman–Crippen LogP) is 6.35. The average molecular weight is 498 g/mol.